The second-order valence-electron chi connectivity index (χ2n) is 6.21. The van der Waals surface area contributed by atoms with Gasteiger partial charge in [0.15, 0.2) is 0 Å². The maximum absolute atomic E-state index is 12.2. The summed E-state index contributed by atoms with van der Waals surface area (Å²) in [5, 5.41) is 5.87. The standard InChI is InChI=1S/C19H22N2O2S/c1-3-16-12(2)10-17(24-16)19(23)20-11-13-4-8-15(9-5-13)21-18(22)14-6-7-14/h4-5,8-10,14H,3,6-7,11H2,1-2H3,(H,20,23)(H,21,22). The van der Waals surface area contributed by atoms with Gasteiger partial charge >= 0.3 is 0 Å². The largest absolute Gasteiger partial charge is 0.347 e. The summed E-state index contributed by atoms with van der Waals surface area (Å²) in [5.41, 5.74) is 3.00. The van der Waals surface area contributed by atoms with Gasteiger partial charge in [-0.2, -0.15) is 0 Å². The number of carbonyl (C=O) groups excluding carboxylic acids is 2. The summed E-state index contributed by atoms with van der Waals surface area (Å²) >= 11 is 1.56. The molecule has 2 N–H and O–H groups in total. The number of amides is 2. The first-order valence-electron chi connectivity index (χ1n) is 8.34. The molecule has 1 aliphatic rings. The lowest BCUT2D eigenvalue weighted by Gasteiger charge is -2.07. The normalized spacial score (nSPS) is 13.6. The van der Waals surface area contributed by atoms with Gasteiger partial charge in [-0.3, -0.25) is 9.59 Å². The minimum Gasteiger partial charge on any atom is -0.347 e. The zero-order valence-corrected chi connectivity index (χ0v) is 14.8. The molecule has 0 unspecified atom stereocenters. The molecule has 1 saturated carbocycles. The topological polar surface area (TPSA) is 58.2 Å². The number of benzene rings is 1. The smallest absolute Gasteiger partial charge is 0.261 e. The number of aryl methyl sites for hydroxylation is 2. The van der Waals surface area contributed by atoms with Crippen LogP contribution in [-0.2, 0) is 17.8 Å². The molecule has 2 aromatic rings. The number of hydrogen-bond acceptors (Lipinski definition) is 3. The van der Waals surface area contributed by atoms with Gasteiger partial charge in [-0.15, -0.1) is 11.3 Å². The third kappa shape index (κ3) is 4.03. The third-order valence-electron chi connectivity index (χ3n) is 4.19. The zero-order chi connectivity index (χ0) is 17.1. The Morgan fingerprint density at radius 2 is 1.92 bits per heavy atom. The molecule has 4 nitrogen and oxygen atoms in total. The van der Waals surface area contributed by atoms with Gasteiger partial charge in [-0.05, 0) is 55.5 Å². The molecule has 5 heteroatoms. The van der Waals surface area contributed by atoms with Gasteiger partial charge in [0.2, 0.25) is 5.91 Å². The van der Waals surface area contributed by atoms with Gasteiger partial charge in [0.05, 0.1) is 4.88 Å². The van der Waals surface area contributed by atoms with Crippen molar-refractivity contribution in [3.05, 3.63) is 51.2 Å². The SMILES string of the molecule is CCc1sc(C(=O)NCc2ccc(NC(=O)C3CC3)cc2)cc1C. The van der Waals surface area contributed by atoms with E-state index in [1.807, 2.05) is 37.3 Å². The van der Waals surface area contributed by atoms with Crippen molar-refractivity contribution in [3.63, 3.8) is 0 Å². The van der Waals surface area contributed by atoms with Crippen LogP contribution in [0.25, 0.3) is 0 Å². The molecular weight excluding hydrogens is 320 g/mol. The Morgan fingerprint density at radius 1 is 1.21 bits per heavy atom. The first kappa shape index (κ1) is 16.7. The first-order chi connectivity index (χ1) is 11.6. The highest BCUT2D eigenvalue weighted by molar-refractivity contribution is 7.14. The highest BCUT2D eigenvalue weighted by Gasteiger charge is 2.29. The number of hydrogen-bond donors (Lipinski definition) is 2. The van der Waals surface area contributed by atoms with E-state index < -0.39 is 0 Å². The van der Waals surface area contributed by atoms with Crippen molar-refractivity contribution in [1.82, 2.24) is 5.32 Å². The molecule has 1 fully saturated rings. The zero-order valence-electron chi connectivity index (χ0n) is 14.0. The van der Waals surface area contributed by atoms with Crippen molar-refractivity contribution in [2.24, 2.45) is 5.92 Å². The molecule has 0 saturated heterocycles. The lowest BCUT2D eigenvalue weighted by atomic mass is 10.2. The van der Waals surface area contributed by atoms with Crippen molar-refractivity contribution in [2.45, 2.75) is 39.7 Å². The highest BCUT2D eigenvalue weighted by atomic mass is 32.1. The summed E-state index contributed by atoms with van der Waals surface area (Å²) < 4.78 is 0. The van der Waals surface area contributed by atoms with Crippen molar-refractivity contribution >= 4 is 28.8 Å². The number of rotatable bonds is 6. The van der Waals surface area contributed by atoms with Crippen LogP contribution in [0.1, 0.15) is 45.4 Å². The Bertz CT molecular complexity index is 745. The predicted molar refractivity (Wildman–Crippen MR) is 97.4 cm³/mol. The van der Waals surface area contributed by atoms with Gasteiger partial charge in [-0.1, -0.05) is 19.1 Å². The number of thiophene rings is 1. The van der Waals surface area contributed by atoms with Crippen molar-refractivity contribution in [2.75, 3.05) is 5.32 Å². The van der Waals surface area contributed by atoms with E-state index in [2.05, 4.69) is 17.6 Å². The van der Waals surface area contributed by atoms with Crippen molar-refractivity contribution < 1.29 is 9.59 Å². The van der Waals surface area contributed by atoms with Crippen LogP contribution < -0.4 is 10.6 Å². The summed E-state index contributed by atoms with van der Waals surface area (Å²) in [6.45, 7) is 4.62. The van der Waals surface area contributed by atoms with Crippen LogP contribution in [0.15, 0.2) is 30.3 Å². The van der Waals surface area contributed by atoms with Crippen LogP contribution in [0.4, 0.5) is 5.69 Å². The summed E-state index contributed by atoms with van der Waals surface area (Å²) in [7, 11) is 0. The molecule has 1 aromatic carbocycles. The summed E-state index contributed by atoms with van der Waals surface area (Å²) in [5.74, 6) is 0.274. The Kier molecular flexibility index (Phi) is 5.00. The average Bonchev–Trinajstić information content (AvgIpc) is 3.36. The Labute approximate surface area is 146 Å². The Hall–Kier alpha value is -2.14. The van der Waals surface area contributed by atoms with E-state index >= 15 is 0 Å². The van der Waals surface area contributed by atoms with Crippen LogP contribution in [0, 0.1) is 12.8 Å². The van der Waals surface area contributed by atoms with E-state index in [9.17, 15) is 9.59 Å². The minimum absolute atomic E-state index is 0.0334. The molecule has 1 aliphatic carbocycles. The maximum atomic E-state index is 12.2. The van der Waals surface area contributed by atoms with Crippen molar-refractivity contribution in [3.8, 4) is 0 Å². The lowest BCUT2D eigenvalue weighted by Crippen LogP contribution is -2.21. The van der Waals surface area contributed by atoms with E-state index in [1.165, 1.54) is 10.4 Å². The molecule has 126 valence electrons. The number of carbonyl (C=O) groups is 2. The monoisotopic (exact) mass is 342 g/mol. The van der Waals surface area contributed by atoms with Gasteiger partial charge in [0, 0.05) is 23.0 Å². The molecule has 0 aliphatic heterocycles. The molecule has 0 bridgehead atoms. The molecule has 24 heavy (non-hydrogen) atoms. The van der Waals surface area contributed by atoms with Crippen LogP contribution in [0.3, 0.4) is 0 Å². The molecule has 0 radical (unpaired) electrons. The molecular formula is C19H22N2O2S. The lowest BCUT2D eigenvalue weighted by molar-refractivity contribution is -0.117. The van der Waals surface area contributed by atoms with E-state index in [-0.39, 0.29) is 17.7 Å². The highest BCUT2D eigenvalue weighted by Crippen LogP contribution is 2.30. The fraction of sp³-hybridized carbons (Fsp3) is 0.368. The summed E-state index contributed by atoms with van der Waals surface area (Å²) in [6, 6.07) is 9.58. The summed E-state index contributed by atoms with van der Waals surface area (Å²) in [4.78, 5) is 26.0. The summed E-state index contributed by atoms with van der Waals surface area (Å²) in [6.07, 6.45) is 2.95. The Morgan fingerprint density at radius 3 is 2.50 bits per heavy atom. The Balaban J connectivity index is 1.53. The van der Waals surface area contributed by atoms with E-state index in [1.54, 1.807) is 11.3 Å². The fourth-order valence-electron chi connectivity index (χ4n) is 2.55. The van der Waals surface area contributed by atoms with Crippen LogP contribution >= 0.6 is 11.3 Å². The van der Waals surface area contributed by atoms with Gasteiger partial charge in [0.25, 0.3) is 5.91 Å². The number of nitrogens with one attached hydrogen (secondary N) is 2. The molecule has 1 aromatic heterocycles. The van der Waals surface area contributed by atoms with Gasteiger partial charge in [0.1, 0.15) is 0 Å². The molecule has 0 atom stereocenters. The average molecular weight is 342 g/mol. The van der Waals surface area contributed by atoms with Crippen LogP contribution in [-0.4, -0.2) is 11.8 Å². The van der Waals surface area contributed by atoms with E-state index in [4.69, 9.17) is 0 Å². The van der Waals surface area contributed by atoms with Crippen LogP contribution in [0.2, 0.25) is 0 Å². The molecule has 2 amide bonds. The maximum Gasteiger partial charge on any atom is 0.261 e. The van der Waals surface area contributed by atoms with E-state index in [0.717, 1.165) is 35.4 Å². The van der Waals surface area contributed by atoms with Gasteiger partial charge in [-0.25, -0.2) is 0 Å². The quantitative estimate of drug-likeness (QED) is 0.836. The van der Waals surface area contributed by atoms with Gasteiger partial charge < -0.3 is 10.6 Å². The van der Waals surface area contributed by atoms with E-state index in [0.29, 0.717) is 6.54 Å². The molecule has 3 rings (SSSR count). The number of anilines is 1. The second-order valence-corrected chi connectivity index (χ2v) is 7.35. The minimum atomic E-state index is -0.0334. The fourth-order valence-corrected chi connectivity index (χ4v) is 3.58. The second kappa shape index (κ2) is 7.18. The molecule has 0 spiro atoms. The third-order valence-corrected chi connectivity index (χ3v) is 5.57. The molecule has 1 heterocycles. The van der Waals surface area contributed by atoms with Crippen LogP contribution in [0.5, 0.6) is 0 Å². The van der Waals surface area contributed by atoms with Crippen molar-refractivity contribution in [1.29, 1.82) is 0 Å². The first-order valence-corrected chi connectivity index (χ1v) is 9.15. The predicted octanol–water partition coefficient (Wildman–Crippen LogP) is 3.90.